The molecule has 0 atom stereocenters. The van der Waals surface area contributed by atoms with Gasteiger partial charge in [-0.1, -0.05) is 32.1 Å². The second-order valence-electron chi connectivity index (χ2n) is 4.56. The number of nitrogens with one attached hydrogen (secondary N) is 1. The molecule has 1 aromatic heterocycles. The number of anilines is 1. The average molecular weight is 222 g/mol. The number of hydrogen-bond acceptors (Lipinski definition) is 2. The highest BCUT2D eigenvalue weighted by atomic mass is 19.1. The number of rotatable bonds is 2. The molecular weight excluding hydrogens is 203 g/mol. The number of aromatic nitrogens is 1. The lowest BCUT2D eigenvalue weighted by Gasteiger charge is -2.21. The van der Waals surface area contributed by atoms with E-state index in [4.69, 9.17) is 0 Å². The minimum absolute atomic E-state index is 0.414. The van der Waals surface area contributed by atoms with E-state index >= 15 is 0 Å². The Morgan fingerprint density at radius 2 is 1.75 bits per heavy atom. The minimum atomic E-state index is -0.414. The summed E-state index contributed by atoms with van der Waals surface area (Å²) < 4.78 is 12.6. The summed E-state index contributed by atoms with van der Waals surface area (Å²) in [4.78, 5) is 3.66. The van der Waals surface area contributed by atoms with Crippen LogP contribution in [0.1, 0.15) is 44.9 Å². The van der Waals surface area contributed by atoms with Crippen molar-refractivity contribution in [2.24, 2.45) is 0 Å². The lowest BCUT2D eigenvalue weighted by Crippen LogP contribution is -2.20. The molecule has 1 aliphatic rings. The maximum Gasteiger partial charge on any atom is 0.212 e. The Bertz CT molecular complexity index is 302. The summed E-state index contributed by atoms with van der Waals surface area (Å²) in [5.41, 5.74) is 0.937. The molecule has 1 aromatic rings. The highest BCUT2D eigenvalue weighted by Gasteiger charge is 2.10. The van der Waals surface area contributed by atoms with Gasteiger partial charge in [0.15, 0.2) is 0 Å². The van der Waals surface area contributed by atoms with E-state index < -0.39 is 5.95 Å². The largest absolute Gasteiger partial charge is 0.381 e. The number of pyridine rings is 1. The summed E-state index contributed by atoms with van der Waals surface area (Å²) in [6, 6.07) is 3.71. The van der Waals surface area contributed by atoms with Gasteiger partial charge in [-0.2, -0.15) is 4.39 Å². The molecule has 0 radical (unpaired) electrons. The fourth-order valence-corrected chi connectivity index (χ4v) is 2.30. The van der Waals surface area contributed by atoms with E-state index in [9.17, 15) is 4.39 Å². The van der Waals surface area contributed by atoms with Crippen LogP contribution in [0.5, 0.6) is 0 Å². The van der Waals surface area contributed by atoms with Gasteiger partial charge in [-0.15, -0.1) is 0 Å². The number of nitrogens with zero attached hydrogens (tertiary/aromatic N) is 1. The van der Waals surface area contributed by atoms with Crippen LogP contribution in [0.15, 0.2) is 18.3 Å². The van der Waals surface area contributed by atoms with Crippen molar-refractivity contribution in [2.45, 2.75) is 51.0 Å². The van der Waals surface area contributed by atoms with Gasteiger partial charge in [-0.3, -0.25) is 0 Å². The van der Waals surface area contributed by atoms with Crippen LogP contribution in [0, 0.1) is 5.95 Å². The highest BCUT2D eigenvalue weighted by Crippen LogP contribution is 2.20. The van der Waals surface area contributed by atoms with E-state index in [1.807, 2.05) is 0 Å². The molecule has 0 spiro atoms. The molecule has 0 amide bonds. The third-order valence-electron chi connectivity index (χ3n) is 3.20. The summed E-state index contributed by atoms with van der Waals surface area (Å²) >= 11 is 0. The Labute approximate surface area is 96.3 Å². The molecule has 2 nitrogen and oxygen atoms in total. The maximum absolute atomic E-state index is 12.6. The second kappa shape index (κ2) is 5.83. The van der Waals surface area contributed by atoms with Crippen LogP contribution < -0.4 is 5.32 Å². The van der Waals surface area contributed by atoms with Crippen molar-refractivity contribution in [2.75, 3.05) is 5.32 Å². The first-order chi connectivity index (χ1) is 7.84. The van der Waals surface area contributed by atoms with Gasteiger partial charge in [-0.25, -0.2) is 4.98 Å². The lowest BCUT2D eigenvalue weighted by molar-refractivity contribution is 0.471. The molecule has 0 aromatic carbocycles. The molecule has 1 N–H and O–H groups in total. The molecule has 0 aliphatic heterocycles. The zero-order valence-electron chi connectivity index (χ0n) is 9.58. The Morgan fingerprint density at radius 1 is 1.06 bits per heavy atom. The monoisotopic (exact) mass is 222 g/mol. The minimum Gasteiger partial charge on any atom is -0.381 e. The first-order valence-electron chi connectivity index (χ1n) is 6.23. The van der Waals surface area contributed by atoms with Crippen molar-refractivity contribution in [3.63, 3.8) is 0 Å². The average Bonchev–Trinajstić information content (AvgIpc) is 2.25. The molecule has 1 fully saturated rings. The smallest absolute Gasteiger partial charge is 0.212 e. The van der Waals surface area contributed by atoms with Crippen LogP contribution in [0.25, 0.3) is 0 Å². The third-order valence-corrected chi connectivity index (χ3v) is 3.20. The first kappa shape index (κ1) is 11.4. The maximum atomic E-state index is 12.6. The van der Waals surface area contributed by atoms with E-state index in [1.54, 1.807) is 12.3 Å². The molecule has 0 saturated heterocycles. The highest BCUT2D eigenvalue weighted by molar-refractivity contribution is 5.40. The Balaban J connectivity index is 1.89. The number of hydrogen-bond donors (Lipinski definition) is 1. The number of halogens is 1. The molecule has 0 unspecified atom stereocenters. The molecule has 88 valence electrons. The van der Waals surface area contributed by atoms with E-state index in [0.717, 1.165) is 5.69 Å². The standard InChI is InChI=1S/C13H19FN2/c14-13-9-8-12(10-15-13)16-11-6-4-2-1-3-5-7-11/h8-11,16H,1-7H2. The topological polar surface area (TPSA) is 24.9 Å². The second-order valence-corrected chi connectivity index (χ2v) is 4.56. The quantitative estimate of drug-likeness (QED) is 0.771. The fraction of sp³-hybridized carbons (Fsp3) is 0.615. The fourth-order valence-electron chi connectivity index (χ4n) is 2.30. The molecule has 16 heavy (non-hydrogen) atoms. The Hall–Kier alpha value is -1.12. The van der Waals surface area contributed by atoms with E-state index in [2.05, 4.69) is 10.3 Å². The zero-order valence-corrected chi connectivity index (χ0v) is 9.58. The van der Waals surface area contributed by atoms with E-state index in [-0.39, 0.29) is 0 Å². The van der Waals surface area contributed by atoms with Crippen LogP contribution in [-0.2, 0) is 0 Å². The van der Waals surface area contributed by atoms with E-state index in [1.165, 1.54) is 51.0 Å². The summed E-state index contributed by atoms with van der Waals surface area (Å²) in [7, 11) is 0. The summed E-state index contributed by atoms with van der Waals surface area (Å²) in [5, 5.41) is 3.45. The summed E-state index contributed by atoms with van der Waals surface area (Å²) in [6.45, 7) is 0. The predicted octanol–water partition coefficient (Wildman–Crippen LogP) is 3.75. The molecule has 2 rings (SSSR count). The molecule has 1 aliphatic carbocycles. The van der Waals surface area contributed by atoms with Gasteiger partial charge >= 0.3 is 0 Å². The predicted molar refractivity (Wildman–Crippen MR) is 63.9 cm³/mol. The van der Waals surface area contributed by atoms with Gasteiger partial charge in [-0.05, 0) is 25.0 Å². The molecule has 3 heteroatoms. The summed E-state index contributed by atoms with van der Waals surface area (Å²) in [6.07, 6.45) is 10.7. The van der Waals surface area contributed by atoms with Gasteiger partial charge in [0.1, 0.15) is 0 Å². The first-order valence-corrected chi connectivity index (χ1v) is 6.23. The van der Waals surface area contributed by atoms with Crippen molar-refractivity contribution in [3.05, 3.63) is 24.3 Å². The van der Waals surface area contributed by atoms with E-state index in [0.29, 0.717) is 6.04 Å². The van der Waals surface area contributed by atoms with Crippen LogP contribution in [0.4, 0.5) is 10.1 Å². The van der Waals surface area contributed by atoms with Crippen LogP contribution in [0.3, 0.4) is 0 Å². The Kier molecular flexibility index (Phi) is 4.14. The van der Waals surface area contributed by atoms with Crippen LogP contribution in [-0.4, -0.2) is 11.0 Å². The molecule has 1 saturated carbocycles. The van der Waals surface area contributed by atoms with Crippen molar-refractivity contribution in [3.8, 4) is 0 Å². The van der Waals surface area contributed by atoms with Gasteiger partial charge in [0.25, 0.3) is 0 Å². The van der Waals surface area contributed by atoms with Crippen molar-refractivity contribution in [1.29, 1.82) is 0 Å². The van der Waals surface area contributed by atoms with Crippen molar-refractivity contribution in [1.82, 2.24) is 4.98 Å². The van der Waals surface area contributed by atoms with Gasteiger partial charge in [0.05, 0.1) is 11.9 Å². The van der Waals surface area contributed by atoms with Crippen LogP contribution in [0.2, 0.25) is 0 Å². The van der Waals surface area contributed by atoms with Gasteiger partial charge in [0, 0.05) is 6.04 Å². The van der Waals surface area contributed by atoms with Crippen molar-refractivity contribution < 1.29 is 4.39 Å². The SMILES string of the molecule is Fc1ccc(NC2CCCCCCC2)cn1. The van der Waals surface area contributed by atoms with Crippen LogP contribution >= 0.6 is 0 Å². The molecule has 1 heterocycles. The lowest BCUT2D eigenvalue weighted by atomic mass is 9.96. The Morgan fingerprint density at radius 3 is 2.38 bits per heavy atom. The van der Waals surface area contributed by atoms with Gasteiger partial charge in [0.2, 0.25) is 5.95 Å². The molecule has 0 bridgehead atoms. The molecular formula is C13H19FN2. The third kappa shape index (κ3) is 3.47. The summed E-state index contributed by atoms with van der Waals surface area (Å²) in [5.74, 6) is -0.414. The van der Waals surface area contributed by atoms with Crippen molar-refractivity contribution >= 4 is 5.69 Å². The zero-order chi connectivity index (χ0) is 11.2. The van der Waals surface area contributed by atoms with Gasteiger partial charge < -0.3 is 5.32 Å². The normalized spacial score (nSPS) is 18.8.